The zero-order chi connectivity index (χ0) is 24.1. The van der Waals surface area contributed by atoms with Crippen molar-refractivity contribution in [2.75, 3.05) is 19.5 Å². The molecule has 2 aromatic carbocycles. The van der Waals surface area contributed by atoms with Gasteiger partial charge in [-0.05, 0) is 36.2 Å². The Morgan fingerprint density at radius 1 is 1.15 bits per heavy atom. The molecule has 10 nitrogen and oxygen atoms in total. The third-order valence-corrected chi connectivity index (χ3v) is 5.28. The fraction of sp³-hybridized carbons (Fsp3) is 0.250. The van der Waals surface area contributed by atoms with Crippen LogP contribution >= 0.6 is 0 Å². The largest absolute Gasteiger partial charge is 0.493 e. The van der Waals surface area contributed by atoms with Crippen LogP contribution in [0.1, 0.15) is 35.0 Å². The molecule has 2 amide bonds. The van der Waals surface area contributed by atoms with E-state index in [4.69, 9.17) is 18.6 Å². The molecule has 2 heterocycles. The molecule has 0 spiro atoms. The average molecular weight is 464 g/mol. The molecule has 0 saturated heterocycles. The van der Waals surface area contributed by atoms with Gasteiger partial charge < -0.3 is 23.9 Å². The van der Waals surface area contributed by atoms with E-state index in [2.05, 4.69) is 15.4 Å². The molecule has 0 saturated carbocycles. The number of aromatic nitrogens is 1. The molecule has 10 heteroatoms. The SMILES string of the molecule is CCC1OC(=O)N(Cc2ccccc2NC(=O)c2cnco2)N=C1c1ccc(OC)c(OC)c1. The maximum Gasteiger partial charge on any atom is 0.431 e. The van der Waals surface area contributed by atoms with Crippen molar-refractivity contribution in [2.24, 2.45) is 5.10 Å². The summed E-state index contributed by atoms with van der Waals surface area (Å²) in [5.74, 6) is 0.751. The highest BCUT2D eigenvalue weighted by atomic mass is 16.6. The second-order valence-electron chi connectivity index (χ2n) is 7.37. The maximum absolute atomic E-state index is 12.7. The molecule has 0 fully saturated rings. The summed E-state index contributed by atoms with van der Waals surface area (Å²) in [5.41, 5.74) is 2.51. The summed E-state index contributed by atoms with van der Waals surface area (Å²) in [7, 11) is 3.12. The van der Waals surface area contributed by atoms with E-state index in [9.17, 15) is 9.59 Å². The molecule has 0 aliphatic carbocycles. The van der Waals surface area contributed by atoms with Crippen LogP contribution in [0.4, 0.5) is 10.5 Å². The summed E-state index contributed by atoms with van der Waals surface area (Å²) in [4.78, 5) is 28.9. The minimum Gasteiger partial charge on any atom is -0.493 e. The third-order valence-electron chi connectivity index (χ3n) is 5.28. The molecular formula is C24H24N4O6. The van der Waals surface area contributed by atoms with Crippen LogP contribution in [-0.4, -0.2) is 48.0 Å². The summed E-state index contributed by atoms with van der Waals surface area (Å²) in [6.07, 6.45) is 1.97. The molecule has 1 aliphatic heterocycles. The van der Waals surface area contributed by atoms with Gasteiger partial charge in [-0.15, -0.1) is 0 Å². The first-order valence-corrected chi connectivity index (χ1v) is 10.6. The Labute approximate surface area is 196 Å². The second kappa shape index (κ2) is 10.1. The minimum absolute atomic E-state index is 0.0757. The van der Waals surface area contributed by atoms with Crippen LogP contribution in [-0.2, 0) is 11.3 Å². The van der Waals surface area contributed by atoms with Crippen molar-refractivity contribution in [3.63, 3.8) is 0 Å². The molecule has 0 radical (unpaired) electrons. The summed E-state index contributed by atoms with van der Waals surface area (Å²) in [6, 6.07) is 12.5. The molecule has 176 valence electrons. The number of nitrogens with one attached hydrogen (secondary N) is 1. The zero-order valence-corrected chi connectivity index (χ0v) is 19.0. The maximum atomic E-state index is 12.7. The molecule has 4 rings (SSSR count). The number of oxazole rings is 1. The van der Waals surface area contributed by atoms with Crippen LogP contribution in [0, 0.1) is 0 Å². The number of hydrogen-bond acceptors (Lipinski definition) is 8. The van der Waals surface area contributed by atoms with Gasteiger partial charge in [0.05, 0.1) is 27.0 Å². The van der Waals surface area contributed by atoms with Crippen molar-refractivity contribution >= 4 is 23.4 Å². The Balaban J connectivity index is 1.63. The number of cyclic esters (lactones) is 1. The molecular weight excluding hydrogens is 440 g/mol. The van der Waals surface area contributed by atoms with Crippen molar-refractivity contribution < 1.29 is 28.2 Å². The molecule has 1 unspecified atom stereocenters. The monoisotopic (exact) mass is 464 g/mol. The normalized spacial score (nSPS) is 15.4. The third kappa shape index (κ3) is 4.70. The number of benzene rings is 2. The number of ether oxygens (including phenoxy) is 3. The van der Waals surface area contributed by atoms with Gasteiger partial charge in [0.15, 0.2) is 17.9 Å². The lowest BCUT2D eigenvalue weighted by molar-refractivity contribution is 0.0713. The van der Waals surface area contributed by atoms with E-state index in [0.29, 0.717) is 34.9 Å². The molecule has 3 aromatic rings. The first-order valence-electron chi connectivity index (χ1n) is 10.6. The van der Waals surface area contributed by atoms with Gasteiger partial charge in [0.25, 0.3) is 5.91 Å². The van der Waals surface area contributed by atoms with Crippen LogP contribution < -0.4 is 14.8 Å². The molecule has 34 heavy (non-hydrogen) atoms. The van der Waals surface area contributed by atoms with Crippen LogP contribution in [0.3, 0.4) is 0 Å². The summed E-state index contributed by atoms with van der Waals surface area (Å²) in [6.45, 7) is 2.00. The second-order valence-corrected chi connectivity index (χ2v) is 7.37. The number of carbonyl (C=O) groups is 2. The Kier molecular flexibility index (Phi) is 6.77. The highest BCUT2D eigenvalue weighted by Crippen LogP contribution is 2.30. The first-order chi connectivity index (χ1) is 16.5. The predicted octanol–water partition coefficient (Wildman–Crippen LogP) is 4.08. The van der Waals surface area contributed by atoms with Gasteiger partial charge in [0.1, 0.15) is 11.8 Å². The topological polar surface area (TPSA) is 115 Å². The van der Waals surface area contributed by atoms with Crippen molar-refractivity contribution in [2.45, 2.75) is 26.0 Å². The Bertz CT molecular complexity index is 1210. The summed E-state index contributed by atoms with van der Waals surface area (Å²) in [5, 5.41) is 8.63. The van der Waals surface area contributed by atoms with Gasteiger partial charge in [0.2, 0.25) is 5.76 Å². The number of nitrogens with zero attached hydrogens (tertiary/aromatic N) is 3. The number of amides is 2. The number of methoxy groups -OCH3 is 2. The van der Waals surface area contributed by atoms with Crippen LogP contribution in [0.5, 0.6) is 11.5 Å². The zero-order valence-electron chi connectivity index (χ0n) is 19.0. The predicted molar refractivity (Wildman–Crippen MR) is 123 cm³/mol. The van der Waals surface area contributed by atoms with E-state index in [-0.39, 0.29) is 12.3 Å². The van der Waals surface area contributed by atoms with E-state index in [0.717, 1.165) is 5.56 Å². The van der Waals surface area contributed by atoms with Crippen LogP contribution in [0.2, 0.25) is 0 Å². The number of carbonyl (C=O) groups excluding carboxylic acids is 2. The van der Waals surface area contributed by atoms with E-state index in [1.807, 2.05) is 19.1 Å². The molecule has 0 bridgehead atoms. The lowest BCUT2D eigenvalue weighted by atomic mass is 10.0. The standard InChI is InChI=1S/C24H24N4O6/c1-4-18-22(15-9-10-19(31-2)20(11-15)32-3)27-28(24(30)34-18)13-16-7-5-6-8-17(16)26-23(29)21-12-25-14-33-21/h5-12,14,18H,4,13H2,1-3H3,(H,26,29). The van der Waals surface area contributed by atoms with Gasteiger partial charge in [-0.1, -0.05) is 25.1 Å². The Hall–Kier alpha value is -4.34. The first kappa shape index (κ1) is 22.8. The smallest absolute Gasteiger partial charge is 0.431 e. The number of para-hydroxylation sites is 1. The van der Waals surface area contributed by atoms with Gasteiger partial charge in [-0.2, -0.15) is 10.1 Å². The fourth-order valence-corrected chi connectivity index (χ4v) is 3.54. The summed E-state index contributed by atoms with van der Waals surface area (Å²) < 4.78 is 21.4. The highest BCUT2D eigenvalue weighted by molar-refractivity contribution is 6.06. The molecule has 1 atom stereocenters. The average Bonchev–Trinajstić information content (AvgIpc) is 3.41. The van der Waals surface area contributed by atoms with E-state index in [1.165, 1.54) is 17.6 Å². The molecule has 1 aliphatic rings. The molecule has 1 N–H and O–H groups in total. The van der Waals surface area contributed by atoms with E-state index in [1.54, 1.807) is 44.6 Å². The lowest BCUT2D eigenvalue weighted by Gasteiger charge is -2.30. The Morgan fingerprint density at radius 2 is 1.94 bits per heavy atom. The van der Waals surface area contributed by atoms with Crippen molar-refractivity contribution in [1.82, 2.24) is 9.99 Å². The van der Waals surface area contributed by atoms with Crippen LogP contribution in [0.25, 0.3) is 0 Å². The number of anilines is 1. The lowest BCUT2D eigenvalue weighted by Crippen LogP contribution is -2.41. The highest BCUT2D eigenvalue weighted by Gasteiger charge is 2.31. The van der Waals surface area contributed by atoms with Gasteiger partial charge in [-0.3, -0.25) is 4.79 Å². The van der Waals surface area contributed by atoms with Crippen molar-refractivity contribution in [1.29, 1.82) is 0 Å². The van der Waals surface area contributed by atoms with E-state index < -0.39 is 18.1 Å². The summed E-state index contributed by atoms with van der Waals surface area (Å²) >= 11 is 0. The van der Waals surface area contributed by atoms with Gasteiger partial charge in [0, 0.05) is 11.3 Å². The van der Waals surface area contributed by atoms with Crippen molar-refractivity contribution in [3.8, 4) is 11.5 Å². The Morgan fingerprint density at radius 3 is 2.65 bits per heavy atom. The molecule has 1 aromatic heterocycles. The number of hydrogen-bond donors (Lipinski definition) is 1. The quantitative estimate of drug-likeness (QED) is 0.534. The van der Waals surface area contributed by atoms with Crippen molar-refractivity contribution in [3.05, 3.63) is 71.9 Å². The van der Waals surface area contributed by atoms with E-state index >= 15 is 0 Å². The fourth-order valence-electron chi connectivity index (χ4n) is 3.54. The number of rotatable bonds is 8. The number of hydrazone groups is 1. The van der Waals surface area contributed by atoms with Gasteiger partial charge in [-0.25, -0.2) is 9.78 Å². The van der Waals surface area contributed by atoms with Gasteiger partial charge >= 0.3 is 6.09 Å². The minimum atomic E-state index is -0.576. The van der Waals surface area contributed by atoms with Crippen LogP contribution in [0.15, 0.2) is 64.6 Å².